The Morgan fingerprint density at radius 3 is 2.47 bits per heavy atom. The van der Waals surface area contributed by atoms with Gasteiger partial charge in [-0.2, -0.15) is 0 Å². The molecule has 1 amide bonds. The average molecular weight is 440 g/mol. The zero-order chi connectivity index (χ0) is 24.1. The van der Waals surface area contributed by atoms with Crippen molar-refractivity contribution >= 4 is 11.6 Å². The van der Waals surface area contributed by atoms with Crippen molar-refractivity contribution in [3.05, 3.63) is 85.9 Å². The van der Waals surface area contributed by atoms with Crippen molar-refractivity contribution in [1.29, 1.82) is 0 Å². The van der Waals surface area contributed by atoms with Crippen LogP contribution in [0, 0.1) is 0 Å². The van der Waals surface area contributed by atoms with Crippen LogP contribution in [0.15, 0.2) is 85.2 Å². The monoisotopic (exact) mass is 439 g/mol. The number of amides is 1. The molecule has 6 heteroatoms. The number of carbonyl (C=O) groups is 1. The van der Waals surface area contributed by atoms with E-state index < -0.39 is 5.67 Å². The summed E-state index contributed by atoms with van der Waals surface area (Å²) in [5.41, 5.74) is 0.112. The van der Waals surface area contributed by atoms with E-state index in [4.69, 9.17) is 4.74 Å². The third-order valence-corrected chi connectivity index (χ3v) is 4.81. The van der Waals surface area contributed by atoms with Crippen LogP contribution >= 0.6 is 0 Å². The van der Waals surface area contributed by atoms with Gasteiger partial charge in [-0.1, -0.05) is 45.7 Å². The van der Waals surface area contributed by atoms with Crippen LogP contribution in [0.3, 0.4) is 0 Å². The Hall–Kier alpha value is -3.28. The van der Waals surface area contributed by atoms with Crippen LogP contribution in [0.4, 0.5) is 4.39 Å². The van der Waals surface area contributed by atoms with E-state index >= 15 is 0 Å². The molecular weight excluding hydrogens is 405 g/mol. The Morgan fingerprint density at radius 1 is 1.31 bits per heavy atom. The number of rotatable bonds is 9. The number of pyridine rings is 1. The Kier molecular flexibility index (Phi) is 11.0. The quantitative estimate of drug-likeness (QED) is 0.280. The van der Waals surface area contributed by atoms with Crippen LogP contribution < -0.4 is 4.74 Å². The largest absolute Gasteiger partial charge is 0.483 e. The molecule has 1 aromatic heterocycles. The van der Waals surface area contributed by atoms with Gasteiger partial charge in [0.25, 0.3) is 0 Å². The van der Waals surface area contributed by atoms with Gasteiger partial charge in [0.15, 0.2) is 5.67 Å². The van der Waals surface area contributed by atoms with Gasteiger partial charge in [0.1, 0.15) is 11.9 Å². The first-order valence-electron chi connectivity index (χ1n) is 10.8. The molecule has 2 rings (SSSR count). The molecule has 1 aromatic rings. The minimum absolute atomic E-state index is 0.0873. The highest BCUT2D eigenvalue weighted by Crippen LogP contribution is 2.28. The van der Waals surface area contributed by atoms with Gasteiger partial charge in [-0.3, -0.25) is 14.8 Å². The number of hydrogen-bond donors (Lipinski definition) is 0. The smallest absolute Gasteiger partial charge is 0.246 e. The molecular formula is C26H34FN3O2. The number of aliphatic imine (C=N–C) groups is 1. The summed E-state index contributed by atoms with van der Waals surface area (Å²) >= 11 is 0. The highest BCUT2D eigenvalue weighted by atomic mass is 19.1. The Balaban J connectivity index is 0.00000249. The first-order valence-corrected chi connectivity index (χ1v) is 10.8. The number of nitrogens with zero attached hydrogens (tertiary/aromatic N) is 3. The summed E-state index contributed by atoms with van der Waals surface area (Å²) in [5, 5.41) is 0. The second-order valence-electron chi connectivity index (χ2n) is 6.78. The Bertz CT molecular complexity index is 877. The lowest BCUT2D eigenvalue weighted by Crippen LogP contribution is -2.36. The molecule has 0 saturated carbocycles. The van der Waals surface area contributed by atoms with E-state index in [2.05, 4.69) is 29.7 Å². The average Bonchev–Trinajstić information content (AvgIpc) is 2.85. The second-order valence-corrected chi connectivity index (χ2v) is 6.78. The minimum Gasteiger partial charge on any atom is -0.483 e. The maximum atomic E-state index is 14.6. The van der Waals surface area contributed by atoms with E-state index in [1.807, 2.05) is 39.8 Å². The van der Waals surface area contributed by atoms with Crippen molar-refractivity contribution in [2.75, 3.05) is 13.1 Å². The first kappa shape index (κ1) is 26.8. The van der Waals surface area contributed by atoms with E-state index in [-0.39, 0.29) is 17.7 Å². The van der Waals surface area contributed by atoms with E-state index in [0.29, 0.717) is 25.3 Å². The molecule has 1 aliphatic rings. The van der Waals surface area contributed by atoms with E-state index in [9.17, 15) is 9.18 Å². The number of carbonyl (C=O) groups excluding carboxylic acids is 1. The fourth-order valence-electron chi connectivity index (χ4n) is 3.06. The molecule has 0 aliphatic carbocycles. The summed E-state index contributed by atoms with van der Waals surface area (Å²) in [4.78, 5) is 22.2. The fraction of sp³-hybridized carbons (Fsp3) is 0.346. The van der Waals surface area contributed by atoms with Crippen LogP contribution in [0.1, 0.15) is 39.8 Å². The summed E-state index contributed by atoms with van der Waals surface area (Å²) < 4.78 is 20.6. The molecule has 2 heterocycles. The number of ether oxygens (including phenoxy) is 1. The number of aromatic nitrogens is 1. The van der Waals surface area contributed by atoms with E-state index in [1.165, 1.54) is 12.3 Å². The normalized spacial score (nSPS) is 15.2. The van der Waals surface area contributed by atoms with Crippen LogP contribution in [0.2, 0.25) is 0 Å². The zero-order valence-corrected chi connectivity index (χ0v) is 19.6. The van der Waals surface area contributed by atoms with Crippen molar-refractivity contribution < 1.29 is 13.9 Å². The number of halogens is 1. The highest BCUT2D eigenvalue weighted by Gasteiger charge is 2.26. The highest BCUT2D eigenvalue weighted by molar-refractivity contribution is 6.04. The van der Waals surface area contributed by atoms with Gasteiger partial charge in [0.05, 0.1) is 17.6 Å². The molecule has 0 N–H and O–H groups in total. The van der Waals surface area contributed by atoms with Gasteiger partial charge in [-0.05, 0) is 56.2 Å². The molecule has 1 aliphatic heterocycles. The van der Waals surface area contributed by atoms with Gasteiger partial charge in [-0.25, -0.2) is 4.39 Å². The molecule has 1 atom stereocenters. The molecule has 5 nitrogen and oxygen atoms in total. The minimum atomic E-state index is -1.88. The summed E-state index contributed by atoms with van der Waals surface area (Å²) in [7, 11) is 0. The van der Waals surface area contributed by atoms with Gasteiger partial charge in [0.2, 0.25) is 5.91 Å². The van der Waals surface area contributed by atoms with Crippen molar-refractivity contribution in [2.45, 2.75) is 45.9 Å². The number of alkyl halides is 1. The topological polar surface area (TPSA) is 54.8 Å². The maximum absolute atomic E-state index is 14.6. The molecule has 1 unspecified atom stereocenters. The molecule has 0 aromatic carbocycles. The van der Waals surface area contributed by atoms with Gasteiger partial charge < -0.3 is 9.64 Å². The van der Waals surface area contributed by atoms with Gasteiger partial charge >= 0.3 is 0 Å². The molecule has 172 valence electrons. The number of allylic oxidation sites excluding steroid dienone is 3. The third-order valence-electron chi connectivity index (χ3n) is 4.81. The molecule has 0 bridgehead atoms. The van der Waals surface area contributed by atoms with Crippen LogP contribution in [0.25, 0.3) is 0 Å². The van der Waals surface area contributed by atoms with Crippen molar-refractivity contribution in [2.24, 2.45) is 4.99 Å². The zero-order valence-electron chi connectivity index (χ0n) is 19.6. The second kappa shape index (κ2) is 13.2. The van der Waals surface area contributed by atoms with E-state index in [0.717, 1.165) is 23.4 Å². The maximum Gasteiger partial charge on any atom is 0.246 e. The number of hydrogen-bond acceptors (Lipinski definition) is 4. The van der Waals surface area contributed by atoms with Crippen molar-refractivity contribution in [1.82, 2.24) is 9.88 Å². The fourth-order valence-corrected chi connectivity index (χ4v) is 3.06. The Morgan fingerprint density at radius 2 is 2.00 bits per heavy atom. The molecule has 0 fully saturated rings. The summed E-state index contributed by atoms with van der Waals surface area (Å²) in [6, 6.07) is 3.21. The summed E-state index contributed by atoms with van der Waals surface area (Å²) in [6.45, 7) is 19.4. The molecule has 32 heavy (non-hydrogen) atoms. The Labute approximate surface area is 191 Å². The SMILES string of the molecule is C=CC(=O)N1CC=C(C(=N/C=C\C)C(C)Oc2ccc(C(F)(C=C)C=C)nc2)CC1.CC. The predicted octanol–water partition coefficient (Wildman–Crippen LogP) is 5.73. The predicted molar refractivity (Wildman–Crippen MR) is 131 cm³/mol. The lowest BCUT2D eigenvalue weighted by molar-refractivity contribution is -0.125. The van der Waals surface area contributed by atoms with Gasteiger partial charge in [0, 0.05) is 19.3 Å². The van der Waals surface area contributed by atoms with Crippen molar-refractivity contribution in [3.8, 4) is 5.75 Å². The third kappa shape index (κ3) is 6.87. The van der Waals surface area contributed by atoms with Crippen LogP contribution in [0.5, 0.6) is 5.75 Å². The van der Waals surface area contributed by atoms with Gasteiger partial charge in [-0.15, -0.1) is 0 Å². The lowest BCUT2D eigenvalue weighted by atomic mass is 9.99. The molecule has 0 saturated heterocycles. The standard InChI is InChI=1S/C24H28FN3O2.C2H6/c1-6-14-26-23(19-12-15-28(16-13-19)22(29)7-2)18(5)30-20-10-11-21(27-17-20)24(25,8-3)9-4;1-2/h6-12,14,17-18H,2-4,13,15-16H2,1,5H3;1-2H3/b14-6-,26-23?;. The molecule has 0 spiro atoms. The first-order chi connectivity index (χ1) is 15.4. The molecule has 0 radical (unpaired) electrons. The van der Waals surface area contributed by atoms with Crippen molar-refractivity contribution in [3.63, 3.8) is 0 Å². The summed E-state index contributed by atoms with van der Waals surface area (Å²) in [6.07, 6.45) is 10.9. The summed E-state index contributed by atoms with van der Waals surface area (Å²) in [5.74, 6) is 0.408. The van der Waals surface area contributed by atoms with Crippen LogP contribution in [-0.4, -0.2) is 40.7 Å². The van der Waals surface area contributed by atoms with Crippen LogP contribution in [-0.2, 0) is 10.5 Å². The van der Waals surface area contributed by atoms with E-state index in [1.54, 1.807) is 23.2 Å². The lowest BCUT2D eigenvalue weighted by Gasteiger charge is -2.27.